The molecule has 1 saturated heterocycles. The van der Waals surface area contributed by atoms with Crippen molar-refractivity contribution in [3.05, 3.63) is 34.9 Å². The van der Waals surface area contributed by atoms with Gasteiger partial charge in [-0.3, -0.25) is 4.79 Å². The van der Waals surface area contributed by atoms with Crippen molar-refractivity contribution in [2.45, 2.75) is 44.6 Å². The van der Waals surface area contributed by atoms with E-state index in [4.69, 9.17) is 0 Å². The summed E-state index contributed by atoms with van der Waals surface area (Å²) in [6, 6.07) is 6.24. The summed E-state index contributed by atoms with van der Waals surface area (Å²) in [5.74, 6) is 0.0820. The van der Waals surface area contributed by atoms with E-state index < -0.39 is 10.0 Å². The van der Waals surface area contributed by atoms with Gasteiger partial charge in [-0.1, -0.05) is 18.2 Å². The average Bonchev–Trinajstić information content (AvgIpc) is 2.93. The molecule has 3 rings (SSSR count). The number of carbonyl (C=O) groups excluding carboxylic acids is 1. The first-order valence-corrected chi connectivity index (χ1v) is 10.2. The Morgan fingerprint density at radius 1 is 1.26 bits per heavy atom. The fourth-order valence-corrected chi connectivity index (χ4v) is 4.37. The van der Waals surface area contributed by atoms with Crippen molar-refractivity contribution in [2.24, 2.45) is 0 Å². The van der Waals surface area contributed by atoms with Gasteiger partial charge in [0.05, 0.1) is 12.7 Å². The zero-order valence-electron chi connectivity index (χ0n) is 13.5. The fourth-order valence-electron chi connectivity index (χ4n) is 3.57. The normalized spacial score (nSPS) is 21.3. The molecule has 0 unspecified atom stereocenters. The van der Waals surface area contributed by atoms with Crippen molar-refractivity contribution < 1.29 is 13.2 Å². The fraction of sp³-hybridized carbons (Fsp3) is 0.588. The maximum absolute atomic E-state index is 12.4. The van der Waals surface area contributed by atoms with Crippen LogP contribution >= 0.6 is 0 Å². The van der Waals surface area contributed by atoms with Gasteiger partial charge in [0.1, 0.15) is 0 Å². The third-order valence-corrected chi connectivity index (χ3v) is 5.45. The molecular weight excluding hydrogens is 312 g/mol. The van der Waals surface area contributed by atoms with Crippen molar-refractivity contribution in [1.82, 2.24) is 9.62 Å². The first-order chi connectivity index (χ1) is 10.9. The van der Waals surface area contributed by atoms with Crippen LogP contribution in [0.3, 0.4) is 0 Å². The van der Waals surface area contributed by atoms with Crippen molar-refractivity contribution in [2.75, 3.05) is 19.3 Å². The first kappa shape index (κ1) is 16.5. The SMILES string of the molecule is CS(=O)(=O)N[C@H]1CCN(C(=O)Cc2ccc3c(c2)CCCC3)C1. The maximum atomic E-state index is 12.4. The number of aryl methyl sites for hydroxylation is 2. The van der Waals surface area contributed by atoms with Crippen LogP contribution in [0, 0.1) is 0 Å². The monoisotopic (exact) mass is 336 g/mol. The van der Waals surface area contributed by atoms with E-state index in [0.29, 0.717) is 25.9 Å². The Balaban J connectivity index is 1.59. The van der Waals surface area contributed by atoms with Crippen LogP contribution in [-0.2, 0) is 34.1 Å². The summed E-state index contributed by atoms with van der Waals surface area (Å²) >= 11 is 0. The van der Waals surface area contributed by atoms with Crippen molar-refractivity contribution in [3.8, 4) is 0 Å². The Labute approximate surface area is 138 Å². The van der Waals surface area contributed by atoms with E-state index >= 15 is 0 Å². The second kappa shape index (κ2) is 6.61. The molecule has 23 heavy (non-hydrogen) atoms. The predicted octanol–water partition coefficient (Wildman–Crippen LogP) is 1.26. The largest absolute Gasteiger partial charge is 0.341 e. The lowest BCUT2D eigenvalue weighted by molar-refractivity contribution is -0.129. The number of nitrogens with zero attached hydrogens (tertiary/aromatic N) is 1. The lowest BCUT2D eigenvalue weighted by atomic mass is 9.90. The zero-order chi connectivity index (χ0) is 16.4. The zero-order valence-corrected chi connectivity index (χ0v) is 14.4. The lowest BCUT2D eigenvalue weighted by Gasteiger charge is -2.19. The van der Waals surface area contributed by atoms with Gasteiger partial charge in [0.15, 0.2) is 0 Å². The Morgan fingerprint density at radius 2 is 2.00 bits per heavy atom. The lowest BCUT2D eigenvalue weighted by Crippen LogP contribution is -2.38. The molecular formula is C17H24N2O3S. The van der Waals surface area contributed by atoms with Crippen molar-refractivity contribution >= 4 is 15.9 Å². The Hall–Kier alpha value is -1.40. The Bertz CT molecular complexity index is 700. The number of amides is 1. The number of sulfonamides is 1. The number of likely N-dealkylation sites (tertiary alicyclic amines) is 1. The van der Waals surface area contributed by atoms with Gasteiger partial charge in [0.2, 0.25) is 15.9 Å². The van der Waals surface area contributed by atoms with Crippen LogP contribution < -0.4 is 4.72 Å². The molecule has 6 heteroatoms. The molecule has 1 aliphatic heterocycles. The first-order valence-electron chi connectivity index (χ1n) is 8.26. The molecule has 1 aromatic rings. The molecule has 5 nitrogen and oxygen atoms in total. The van der Waals surface area contributed by atoms with Crippen LogP contribution in [-0.4, -0.2) is 44.6 Å². The minimum absolute atomic E-state index is 0.0820. The van der Waals surface area contributed by atoms with Gasteiger partial charge >= 0.3 is 0 Å². The topological polar surface area (TPSA) is 66.5 Å². The summed E-state index contributed by atoms with van der Waals surface area (Å²) in [6.07, 6.45) is 6.99. The molecule has 1 aromatic carbocycles. The molecule has 0 radical (unpaired) electrons. The molecule has 1 heterocycles. The minimum atomic E-state index is -3.21. The average molecular weight is 336 g/mol. The van der Waals surface area contributed by atoms with E-state index in [1.165, 1.54) is 24.0 Å². The third-order valence-electron chi connectivity index (χ3n) is 4.69. The van der Waals surface area contributed by atoms with Crippen LogP contribution in [0.2, 0.25) is 0 Å². The van der Waals surface area contributed by atoms with E-state index in [1.54, 1.807) is 4.90 Å². The molecule has 1 aliphatic carbocycles. The standard InChI is InChI=1S/C17H24N2O3S/c1-23(21,22)18-16-8-9-19(12-16)17(20)11-13-6-7-14-4-2-3-5-15(14)10-13/h6-7,10,16,18H,2-5,8-9,11-12H2,1H3/t16-/m0/s1. The Kier molecular flexibility index (Phi) is 4.73. The van der Waals surface area contributed by atoms with Gasteiger partial charge in [-0.2, -0.15) is 0 Å². The number of nitrogens with one attached hydrogen (secondary N) is 1. The van der Waals surface area contributed by atoms with Gasteiger partial charge in [0.25, 0.3) is 0 Å². The summed E-state index contributed by atoms with van der Waals surface area (Å²) < 4.78 is 25.1. The van der Waals surface area contributed by atoms with Crippen LogP contribution in [0.25, 0.3) is 0 Å². The number of rotatable bonds is 4. The second-order valence-corrected chi connectivity index (χ2v) is 8.48. The van der Waals surface area contributed by atoms with Gasteiger partial charge in [0, 0.05) is 19.1 Å². The molecule has 126 valence electrons. The molecule has 0 aromatic heterocycles. The van der Waals surface area contributed by atoms with Crippen molar-refractivity contribution in [3.63, 3.8) is 0 Å². The molecule has 0 bridgehead atoms. The summed E-state index contributed by atoms with van der Waals surface area (Å²) in [7, 11) is -3.21. The van der Waals surface area contributed by atoms with Gasteiger partial charge < -0.3 is 4.90 Å². The van der Waals surface area contributed by atoms with Crippen molar-refractivity contribution in [1.29, 1.82) is 0 Å². The molecule has 1 amide bonds. The summed E-state index contributed by atoms with van der Waals surface area (Å²) in [5.41, 5.74) is 3.88. The highest BCUT2D eigenvalue weighted by molar-refractivity contribution is 7.88. The Morgan fingerprint density at radius 3 is 2.74 bits per heavy atom. The predicted molar refractivity (Wildman–Crippen MR) is 89.8 cm³/mol. The second-order valence-electron chi connectivity index (χ2n) is 6.70. The number of hydrogen-bond acceptors (Lipinski definition) is 3. The summed E-state index contributed by atoms with van der Waals surface area (Å²) in [6.45, 7) is 1.09. The highest BCUT2D eigenvalue weighted by Gasteiger charge is 2.28. The molecule has 1 fully saturated rings. The minimum Gasteiger partial charge on any atom is -0.341 e. The summed E-state index contributed by atoms with van der Waals surface area (Å²) in [4.78, 5) is 14.2. The van der Waals surface area contributed by atoms with Gasteiger partial charge in [-0.15, -0.1) is 0 Å². The van der Waals surface area contributed by atoms with E-state index in [-0.39, 0.29) is 11.9 Å². The van der Waals surface area contributed by atoms with E-state index in [2.05, 4.69) is 22.9 Å². The number of fused-ring (bicyclic) bond motifs is 1. The van der Waals surface area contributed by atoms with Gasteiger partial charge in [-0.05, 0) is 48.8 Å². The maximum Gasteiger partial charge on any atom is 0.227 e. The quantitative estimate of drug-likeness (QED) is 0.900. The molecule has 2 aliphatic rings. The number of carbonyl (C=O) groups is 1. The smallest absolute Gasteiger partial charge is 0.227 e. The number of benzene rings is 1. The van der Waals surface area contributed by atoms with Crippen LogP contribution in [0.5, 0.6) is 0 Å². The highest BCUT2D eigenvalue weighted by Crippen LogP contribution is 2.23. The van der Waals surface area contributed by atoms with Crippen LogP contribution in [0.4, 0.5) is 0 Å². The number of hydrogen-bond donors (Lipinski definition) is 1. The molecule has 1 N–H and O–H groups in total. The van der Waals surface area contributed by atoms with E-state index in [1.807, 2.05) is 0 Å². The van der Waals surface area contributed by atoms with Crippen LogP contribution in [0.1, 0.15) is 36.0 Å². The van der Waals surface area contributed by atoms with Crippen LogP contribution in [0.15, 0.2) is 18.2 Å². The van der Waals surface area contributed by atoms with Gasteiger partial charge in [-0.25, -0.2) is 13.1 Å². The molecule has 1 atom stereocenters. The highest BCUT2D eigenvalue weighted by atomic mass is 32.2. The summed E-state index contributed by atoms with van der Waals surface area (Å²) in [5, 5.41) is 0. The third kappa shape index (κ3) is 4.32. The van der Waals surface area contributed by atoms with E-state index in [9.17, 15) is 13.2 Å². The molecule has 0 spiro atoms. The molecule has 0 saturated carbocycles. The van der Waals surface area contributed by atoms with E-state index in [0.717, 1.165) is 24.7 Å².